The van der Waals surface area contributed by atoms with Crippen molar-refractivity contribution in [1.29, 1.82) is 0 Å². The van der Waals surface area contributed by atoms with E-state index in [0.717, 1.165) is 31.5 Å². The summed E-state index contributed by atoms with van der Waals surface area (Å²) in [6, 6.07) is 7.55. The van der Waals surface area contributed by atoms with Crippen LogP contribution in [0.2, 0.25) is 0 Å². The smallest absolute Gasteiger partial charge is 0.241 e. The summed E-state index contributed by atoms with van der Waals surface area (Å²) in [5.74, 6) is -0.0198. The number of hydrogen-bond acceptors (Lipinski definition) is 3. The highest BCUT2D eigenvalue weighted by molar-refractivity contribution is 5.94. The van der Waals surface area contributed by atoms with Crippen molar-refractivity contribution in [2.24, 2.45) is 5.41 Å². The topological polar surface area (TPSA) is 61.4 Å². The van der Waals surface area contributed by atoms with E-state index in [4.69, 9.17) is 5.11 Å². The number of anilines is 1. The zero-order valence-corrected chi connectivity index (χ0v) is 12.3. The summed E-state index contributed by atoms with van der Waals surface area (Å²) in [4.78, 5) is 12.1. The van der Waals surface area contributed by atoms with Gasteiger partial charge in [-0.1, -0.05) is 17.7 Å². The number of carbonyl (C=O) groups is 1. The Morgan fingerprint density at radius 1 is 1.35 bits per heavy atom. The second-order valence-corrected chi connectivity index (χ2v) is 5.93. The minimum Gasteiger partial charge on any atom is -0.396 e. The van der Waals surface area contributed by atoms with Crippen LogP contribution in [0.1, 0.15) is 31.7 Å². The standard InChI is InChI=1S/C16H24N2O2/c1-12-3-5-14(6-4-12)18-15(20)13(2)17-11-16(7-8-16)9-10-19/h3-6,13,17,19H,7-11H2,1-2H3,(H,18,20). The first kappa shape index (κ1) is 15.0. The van der Waals surface area contributed by atoms with Gasteiger partial charge in [-0.2, -0.15) is 0 Å². The van der Waals surface area contributed by atoms with Crippen LogP contribution in [0.15, 0.2) is 24.3 Å². The first-order chi connectivity index (χ1) is 9.54. The van der Waals surface area contributed by atoms with Crippen LogP contribution in [0, 0.1) is 12.3 Å². The number of aliphatic hydroxyl groups is 1. The van der Waals surface area contributed by atoms with Crippen molar-refractivity contribution in [1.82, 2.24) is 5.32 Å². The van der Waals surface area contributed by atoms with E-state index in [1.807, 2.05) is 38.1 Å². The summed E-state index contributed by atoms with van der Waals surface area (Å²) < 4.78 is 0. The molecule has 1 unspecified atom stereocenters. The zero-order chi connectivity index (χ0) is 14.6. The predicted octanol–water partition coefficient (Wildman–Crippen LogP) is 2.07. The molecule has 0 aromatic heterocycles. The van der Waals surface area contributed by atoms with Gasteiger partial charge in [0.1, 0.15) is 0 Å². The van der Waals surface area contributed by atoms with E-state index in [2.05, 4.69) is 10.6 Å². The van der Waals surface area contributed by atoms with Crippen molar-refractivity contribution in [2.75, 3.05) is 18.5 Å². The van der Waals surface area contributed by atoms with Crippen LogP contribution in [0.5, 0.6) is 0 Å². The average molecular weight is 276 g/mol. The SMILES string of the molecule is Cc1ccc(NC(=O)C(C)NCC2(CCO)CC2)cc1. The first-order valence-electron chi connectivity index (χ1n) is 7.26. The van der Waals surface area contributed by atoms with Gasteiger partial charge >= 0.3 is 0 Å². The lowest BCUT2D eigenvalue weighted by Crippen LogP contribution is -2.41. The fraction of sp³-hybridized carbons (Fsp3) is 0.562. The molecule has 3 N–H and O–H groups in total. The highest BCUT2D eigenvalue weighted by Crippen LogP contribution is 2.47. The molecule has 1 aromatic rings. The van der Waals surface area contributed by atoms with Gasteiger partial charge in [0.05, 0.1) is 6.04 Å². The van der Waals surface area contributed by atoms with E-state index >= 15 is 0 Å². The molecule has 4 heteroatoms. The van der Waals surface area contributed by atoms with Gasteiger partial charge in [-0.25, -0.2) is 0 Å². The molecule has 0 heterocycles. The van der Waals surface area contributed by atoms with Gasteiger partial charge in [-0.15, -0.1) is 0 Å². The number of rotatable bonds is 7. The maximum Gasteiger partial charge on any atom is 0.241 e. The third-order valence-corrected chi connectivity index (χ3v) is 4.09. The number of aryl methyl sites for hydroxylation is 1. The maximum atomic E-state index is 12.1. The molecule has 0 aliphatic heterocycles. The Balaban J connectivity index is 1.78. The molecule has 1 aromatic carbocycles. The van der Waals surface area contributed by atoms with Crippen LogP contribution in [0.3, 0.4) is 0 Å². The second kappa shape index (κ2) is 6.37. The second-order valence-electron chi connectivity index (χ2n) is 5.93. The largest absolute Gasteiger partial charge is 0.396 e. The molecule has 110 valence electrons. The number of nitrogens with one attached hydrogen (secondary N) is 2. The van der Waals surface area contributed by atoms with Crippen molar-refractivity contribution in [3.05, 3.63) is 29.8 Å². The number of amides is 1. The summed E-state index contributed by atoms with van der Waals surface area (Å²) in [7, 11) is 0. The van der Waals surface area contributed by atoms with Gasteiger partial charge in [0.25, 0.3) is 0 Å². The highest BCUT2D eigenvalue weighted by Gasteiger charge is 2.41. The Labute approximate surface area is 120 Å². The molecule has 20 heavy (non-hydrogen) atoms. The lowest BCUT2D eigenvalue weighted by molar-refractivity contribution is -0.117. The highest BCUT2D eigenvalue weighted by atomic mass is 16.3. The molecule has 1 amide bonds. The molecule has 2 rings (SSSR count). The average Bonchev–Trinajstić information content (AvgIpc) is 3.19. The van der Waals surface area contributed by atoms with Crippen molar-refractivity contribution in [3.8, 4) is 0 Å². The Kier molecular flexibility index (Phi) is 4.78. The molecule has 0 saturated heterocycles. The third kappa shape index (κ3) is 4.05. The monoisotopic (exact) mass is 276 g/mol. The predicted molar refractivity (Wildman–Crippen MR) is 80.6 cm³/mol. The fourth-order valence-electron chi connectivity index (χ4n) is 2.28. The van der Waals surface area contributed by atoms with Crippen molar-refractivity contribution in [3.63, 3.8) is 0 Å². The van der Waals surface area contributed by atoms with Crippen LogP contribution in [-0.2, 0) is 4.79 Å². The Morgan fingerprint density at radius 2 is 2.00 bits per heavy atom. The molecule has 1 saturated carbocycles. The molecule has 1 aliphatic rings. The normalized spacial score (nSPS) is 17.6. The number of benzene rings is 1. The summed E-state index contributed by atoms with van der Waals surface area (Å²) in [5.41, 5.74) is 2.23. The van der Waals surface area contributed by atoms with E-state index in [9.17, 15) is 4.79 Å². The molecule has 0 radical (unpaired) electrons. The molecule has 1 atom stereocenters. The van der Waals surface area contributed by atoms with Crippen LogP contribution in [0.25, 0.3) is 0 Å². The van der Waals surface area contributed by atoms with Gasteiger partial charge < -0.3 is 15.7 Å². The van der Waals surface area contributed by atoms with E-state index < -0.39 is 0 Å². The molecular formula is C16H24N2O2. The Bertz CT molecular complexity index is 452. The van der Waals surface area contributed by atoms with Gasteiger partial charge in [0, 0.05) is 18.8 Å². The van der Waals surface area contributed by atoms with E-state index in [1.54, 1.807) is 0 Å². The summed E-state index contributed by atoms with van der Waals surface area (Å²) in [5, 5.41) is 15.2. The number of carbonyl (C=O) groups excluding carboxylic acids is 1. The molecule has 0 spiro atoms. The lowest BCUT2D eigenvalue weighted by Gasteiger charge is -2.19. The van der Waals surface area contributed by atoms with E-state index in [-0.39, 0.29) is 24.0 Å². The van der Waals surface area contributed by atoms with Crippen LogP contribution >= 0.6 is 0 Å². The lowest BCUT2D eigenvalue weighted by atomic mass is 10.0. The van der Waals surface area contributed by atoms with Gasteiger partial charge in [-0.3, -0.25) is 4.79 Å². The zero-order valence-electron chi connectivity index (χ0n) is 12.3. The quantitative estimate of drug-likeness (QED) is 0.714. The minimum atomic E-state index is -0.229. The van der Waals surface area contributed by atoms with Crippen LogP contribution < -0.4 is 10.6 Å². The van der Waals surface area contributed by atoms with Gasteiger partial charge in [0.15, 0.2) is 0 Å². The Morgan fingerprint density at radius 3 is 2.55 bits per heavy atom. The van der Waals surface area contributed by atoms with Gasteiger partial charge in [0.2, 0.25) is 5.91 Å². The van der Waals surface area contributed by atoms with Crippen molar-refractivity contribution < 1.29 is 9.90 Å². The first-order valence-corrected chi connectivity index (χ1v) is 7.26. The summed E-state index contributed by atoms with van der Waals surface area (Å²) >= 11 is 0. The maximum absolute atomic E-state index is 12.1. The minimum absolute atomic E-state index is 0.0198. The van der Waals surface area contributed by atoms with Crippen molar-refractivity contribution in [2.45, 2.75) is 39.2 Å². The van der Waals surface area contributed by atoms with E-state index in [1.165, 1.54) is 5.56 Å². The molecular weight excluding hydrogens is 252 g/mol. The van der Waals surface area contributed by atoms with Gasteiger partial charge in [-0.05, 0) is 50.7 Å². The van der Waals surface area contributed by atoms with Crippen LogP contribution in [-0.4, -0.2) is 30.2 Å². The fourth-order valence-corrected chi connectivity index (χ4v) is 2.28. The summed E-state index contributed by atoms with van der Waals surface area (Å²) in [6.45, 7) is 4.92. The molecule has 1 aliphatic carbocycles. The summed E-state index contributed by atoms with van der Waals surface area (Å²) in [6.07, 6.45) is 3.12. The number of hydrogen-bond donors (Lipinski definition) is 3. The van der Waals surface area contributed by atoms with E-state index in [0.29, 0.717) is 0 Å². The molecule has 0 bridgehead atoms. The van der Waals surface area contributed by atoms with Crippen molar-refractivity contribution >= 4 is 11.6 Å². The number of aliphatic hydroxyl groups excluding tert-OH is 1. The Hall–Kier alpha value is -1.39. The third-order valence-electron chi connectivity index (χ3n) is 4.09. The molecule has 4 nitrogen and oxygen atoms in total. The van der Waals surface area contributed by atoms with Crippen LogP contribution in [0.4, 0.5) is 5.69 Å². The molecule has 1 fully saturated rings.